The van der Waals surface area contributed by atoms with E-state index in [1.54, 1.807) is 0 Å². The molecule has 8 heteroatoms. The van der Waals surface area contributed by atoms with Crippen LogP contribution in [0.5, 0.6) is 0 Å². The van der Waals surface area contributed by atoms with Gasteiger partial charge in [-0.1, -0.05) is 17.7 Å². The van der Waals surface area contributed by atoms with Crippen molar-refractivity contribution in [2.24, 2.45) is 11.1 Å². The van der Waals surface area contributed by atoms with Crippen LogP contribution < -0.4 is 5.73 Å². The van der Waals surface area contributed by atoms with E-state index < -0.39 is 29.2 Å². The summed E-state index contributed by atoms with van der Waals surface area (Å²) in [6.07, 6.45) is -4.61. The topological polar surface area (TPSA) is 52.3 Å². The third-order valence-corrected chi connectivity index (χ3v) is 3.38. The summed E-state index contributed by atoms with van der Waals surface area (Å²) in [5, 5.41) is -0.0517. The van der Waals surface area contributed by atoms with E-state index in [4.69, 9.17) is 17.3 Å². The molecule has 0 radical (unpaired) electrons. The summed E-state index contributed by atoms with van der Waals surface area (Å²) in [7, 11) is 1.16. The van der Waals surface area contributed by atoms with Crippen molar-refractivity contribution in [3.63, 3.8) is 0 Å². The van der Waals surface area contributed by atoms with Gasteiger partial charge in [0, 0.05) is 11.1 Å². The van der Waals surface area contributed by atoms with Crippen molar-refractivity contribution < 1.29 is 22.7 Å². The van der Waals surface area contributed by atoms with Crippen molar-refractivity contribution in [3.05, 3.63) is 34.3 Å². The van der Waals surface area contributed by atoms with Crippen LogP contribution in [-0.4, -0.2) is 13.1 Å². The van der Waals surface area contributed by atoms with Crippen molar-refractivity contribution in [3.8, 4) is 0 Å². The number of alkyl halides is 3. The van der Waals surface area contributed by atoms with Gasteiger partial charge >= 0.3 is 12.1 Å². The number of rotatable bonds is 3. The molecule has 1 atom stereocenters. The zero-order chi connectivity index (χ0) is 15.7. The van der Waals surface area contributed by atoms with Gasteiger partial charge in [-0.05, 0) is 31.5 Å². The Labute approximate surface area is 132 Å². The Hall–Kier alpha value is -0.980. The lowest BCUT2D eigenvalue weighted by atomic mass is 9.79. The molecule has 0 spiro atoms. The van der Waals surface area contributed by atoms with Crippen LogP contribution in [0.15, 0.2) is 18.2 Å². The fourth-order valence-corrected chi connectivity index (χ4v) is 2.00. The maximum Gasteiger partial charge on any atom is 0.416 e. The second-order valence-corrected chi connectivity index (χ2v) is 5.36. The van der Waals surface area contributed by atoms with Crippen LogP contribution in [0.3, 0.4) is 0 Å². The first-order valence-electron chi connectivity index (χ1n) is 5.72. The Kier molecular flexibility index (Phi) is 6.53. The molecule has 0 saturated heterocycles. The standard InChI is InChI=1S/C13H15ClF3NO2.ClH/c1-12(2,11(19)20-3)10(18)8-5-4-7(14)6-9(8)13(15,16)17;/h4-6,10H,18H2,1-3H3;1H/t10-;/m0./s1. The summed E-state index contributed by atoms with van der Waals surface area (Å²) in [5.74, 6) is -0.687. The van der Waals surface area contributed by atoms with Crippen molar-refractivity contribution in [2.75, 3.05) is 7.11 Å². The van der Waals surface area contributed by atoms with Gasteiger partial charge in [0.05, 0.1) is 18.1 Å². The van der Waals surface area contributed by atoms with E-state index in [-0.39, 0.29) is 23.0 Å². The van der Waals surface area contributed by atoms with Crippen LogP contribution in [0.4, 0.5) is 13.2 Å². The summed E-state index contributed by atoms with van der Waals surface area (Å²) in [5.41, 5.74) is 3.40. The molecule has 0 aromatic heterocycles. The number of halogens is 5. The fourth-order valence-electron chi connectivity index (χ4n) is 1.82. The number of methoxy groups -OCH3 is 1. The average Bonchev–Trinajstić information content (AvgIpc) is 2.35. The zero-order valence-electron chi connectivity index (χ0n) is 11.6. The highest BCUT2D eigenvalue weighted by Gasteiger charge is 2.42. The zero-order valence-corrected chi connectivity index (χ0v) is 13.2. The minimum Gasteiger partial charge on any atom is -0.469 e. The molecular formula is C13H16Cl2F3NO2. The van der Waals surface area contributed by atoms with Crippen LogP contribution in [0.2, 0.25) is 5.02 Å². The Morgan fingerprint density at radius 1 is 1.33 bits per heavy atom. The lowest BCUT2D eigenvalue weighted by Gasteiger charge is -2.30. The lowest BCUT2D eigenvalue weighted by Crippen LogP contribution is -2.38. The minimum atomic E-state index is -4.61. The number of hydrogen-bond donors (Lipinski definition) is 1. The van der Waals surface area contributed by atoms with Gasteiger partial charge in [-0.2, -0.15) is 13.2 Å². The Bertz CT molecular complexity index is 519. The van der Waals surface area contributed by atoms with E-state index in [2.05, 4.69) is 4.74 Å². The maximum absolute atomic E-state index is 13.0. The van der Waals surface area contributed by atoms with Crippen molar-refractivity contribution in [1.82, 2.24) is 0 Å². The van der Waals surface area contributed by atoms with Crippen LogP contribution in [0.25, 0.3) is 0 Å². The molecule has 0 saturated carbocycles. The molecule has 0 unspecified atom stereocenters. The maximum atomic E-state index is 13.0. The quantitative estimate of drug-likeness (QED) is 0.843. The van der Waals surface area contributed by atoms with Gasteiger partial charge in [0.1, 0.15) is 0 Å². The highest BCUT2D eigenvalue weighted by Crippen LogP contribution is 2.41. The number of hydrogen-bond acceptors (Lipinski definition) is 3. The van der Waals surface area contributed by atoms with Crippen LogP contribution in [0, 0.1) is 5.41 Å². The van der Waals surface area contributed by atoms with E-state index >= 15 is 0 Å². The molecular weight excluding hydrogens is 330 g/mol. The number of carbonyl (C=O) groups excluding carboxylic acids is 1. The molecule has 0 amide bonds. The van der Waals surface area contributed by atoms with Crippen LogP contribution in [0.1, 0.15) is 31.0 Å². The molecule has 0 aliphatic rings. The first-order chi connectivity index (χ1) is 9.01. The molecule has 0 aliphatic carbocycles. The van der Waals surface area contributed by atoms with E-state index in [1.807, 2.05) is 0 Å². The van der Waals surface area contributed by atoms with Gasteiger partial charge in [-0.15, -0.1) is 12.4 Å². The SMILES string of the molecule is COC(=O)C(C)(C)[C@@H](N)c1ccc(Cl)cc1C(F)(F)F.Cl. The van der Waals surface area contributed by atoms with Crippen molar-refractivity contribution >= 4 is 30.0 Å². The first kappa shape index (κ1) is 20.0. The molecule has 1 aromatic carbocycles. The molecule has 3 nitrogen and oxygen atoms in total. The predicted octanol–water partition coefficient (Wildman–Crippen LogP) is 3.98. The molecule has 120 valence electrons. The smallest absolute Gasteiger partial charge is 0.416 e. The van der Waals surface area contributed by atoms with Gasteiger partial charge in [-0.3, -0.25) is 4.79 Å². The third kappa shape index (κ3) is 4.25. The van der Waals surface area contributed by atoms with Gasteiger partial charge in [0.25, 0.3) is 0 Å². The molecule has 21 heavy (non-hydrogen) atoms. The Balaban J connectivity index is 0.00000400. The van der Waals surface area contributed by atoms with Crippen molar-refractivity contribution in [2.45, 2.75) is 26.1 Å². The van der Waals surface area contributed by atoms with Crippen LogP contribution in [-0.2, 0) is 15.7 Å². The summed E-state index contributed by atoms with van der Waals surface area (Å²) >= 11 is 5.60. The molecule has 0 bridgehead atoms. The lowest BCUT2D eigenvalue weighted by molar-refractivity contribution is -0.153. The number of esters is 1. The molecule has 0 heterocycles. The largest absolute Gasteiger partial charge is 0.469 e. The molecule has 0 aliphatic heterocycles. The molecule has 1 aromatic rings. The average molecular weight is 346 g/mol. The fraction of sp³-hybridized carbons (Fsp3) is 0.462. The van der Waals surface area contributed by atoms with E-state index in [0.29, 0.717) is 0 Å². The Morgan fingerprint density at radius 3 is 2.29 bits per heavy atom. The van der Waals surface area contributed by atoms with Crippen LogP contribution >= 0.6 is 24.0 Å². The highest BCUT2D eigenvalue weighted by molar-refractivity contribution is 6.30. The third-order valence-electron chi connectivity index (χ3n) is 3.14. The van der Waals surface area contributed by atoms with Gasteiger partial charge < -0.3 is 10.5 Å². The van der Waals surface area contributed by atoms with E-state index in [1.165, 1.54) is 26.0 Å². The second kappa shape index (κ2) is 6.85. The van der Waals surface area contributed by atoms with Gasteiger partial charge in [-0.25, -0.2) is 0 Å². The summed E-state index contributed by atoms with van der Waals surface area (Å²) in [4.78, 5) is 11.7. The molecule has 1 rings (SSSR count). The van der Waals surface area contributed by atoms with E-state index in [9.17, 15) is 18.0 Å². The van der Waals surface area contributed by atoms with Gasteiger partial charge in [0.15, 0.2) is 0 Å². The predicted molar refractivity (Wildman–Crippen MR) is 76.4 cm³/mol. The number of ether oxygens (including phenoxy) is 1. The summed E-state index contributed by atoms with van der Waals surface area (Å²) in [6.45, 7) is 2.86. The number of nitrogens with two attached hydrogens (primary N) is 1. The Morgan fingerprint density at radius 2 is 1.86 bits per heavy atom. The molecule has 0 fully saturated rings. The summed E-state index contributed by atoms with van der Waals surface area (Å²) < 4.78 is 43.7. The number of carbonyl (C=O) groups is 1. The number of benzene rings is 1. The summed E-state index contributed by atoms with van der Waals surface area (Å²) in [6, 6.07) is 2.10. The van der Waals surface area contributed by atoms with Gasteiger partial charge in [0.2, 0.25) is 0 Å². The van der Waals surface area contributed by atoms with E-state index in [0.717, 1.165) is 13.2 Å². The molecule has 2 N–H and O–H groups in total. The highest BCUT2D eigenvalue weighted by atomic mass is 35.5. The minimum absolute atomic E-state index is 0. The second-order valence-electron chi connectivity index (χ2n) is 4.92. The normalized spacial score (nSPS) is 13.3. The first-order valence-corrected chi connectivity index (χ1v) is 6.10. The monoisotopic (exact) mass is 345 g/mol. The van der Waals surface area contributed by atoms with Crippen molar-refractivity contribution in [1.29, 1.82) is 0 Å².